The van der Waals surface area contributed by atoms with Crippen LogP contribution in [-0.2, 0) is 53.0 Å². The van der Waals surface area contributed by atoms with E-state index in [0.717, 1.165) is 7.11 Å². The molecule has 0 saturated carbocycles. The van der Waals surface area contributed by atoms with Gasteiger partial charge < -0.3 is 88.0 Å². The molecule has 2 aromatic carbocycles. The van der Waals surface area contributed by atoms with Gasteiger partial charge in [-0.05, 0) is 66.4 Å². The fourth-order valence-corrected chi connectivity index (χ4v) is 12.1. The van der Waals surface area contributed by atoms with Gasteiger partial charge in [0.05, 0.1) is 78.5 Å². The van der Waals surface area contributed by atoms with Crippen LogP contribution in [-0.4, -0.2) is 195 Å². The van der Waals surface area contributed by atoms with Gasteiger partial charge in [0, 0.05) is 54.9 Å². The molecular formula is C49H64N2O22. The highest BCUT2D eigenvalue weighted by molar-refractivity contribution is 6.31. The molecule has 0 aromatic heterocycles. The number of likely N-dealkylation sites (N-methyl/N-ethyl adjacent to an activating group) is 1. The predicted octanol–water partition coefficient (Wildman–Crippen LogP) is 0.905. The number of aromatic hydroxyl groups is 2. The maximum Gasteiger partial charge on any atom is 0.316 e. The molecule has 24 heteroatoms. The lowest BCUT2D eigenvalue weighted by molar-refractivity contribution is -0.594. The first-order valence-corrected chi connectivity index (χ1v) is 24.2. The number of nitrogens with zero attached hydrogens (tertiary/aromatic N) is 2. The Hall–Kier alpha value is -4.51. The van der Waals surface area contributed by atoms with Gasteiger partial charge in [-0.15, -0.1) is 0 Å². The summed E-state index contributed by atoms with van der Waals surface area (Å²) in [5.74, 6) is -6.20. The van der Waals surface area contributed by atoms with Crippen LogP contribution in [0.5, 0.6) is 17.2 Å². The molecule has 0 spiro atoms. The number of ketones is 2. The number of phenolic OH excluding ortho intramolecular Hbond substituents is 2. The average Bonchev–Trinajstić information content (AvgIpc) is 3.30. The maximum atomic E-state index is 15.2. The normalized spacial score (nSPS) is 42.0. The Morgan fingerprint density at radius 2 is 1.49 bits per heavy atom. The van der Waals surface area contributed by atoms with Crippen molar-refractivity contribution in [2.45, 2.75) is 188 Å². The second kappa shape index (κ2) is 18.9. The molecule has 0 amide bonds. The number of carbonyl (C=O) groups excluding carboxylic acids is 3. The molecule has 24 nitrogen and oxygen atoms in total. The number of ether oxygens (including phenoxy) is 10. The van der Waals surface area contributed by atoms with Gasteiger partial charge in [0.15, 0.2) is 24.7 Å². The number of hydrogen-bond acceptors (Lipinski definition) is 23. The van der Waals surface area contributed by atoms with Crippen molar-refractivity contribution in [1.29, 1.82) is 0 Å². The summed E-state index contributed by atoms with van der Waals surface area (Å²) < 4.78 is 60.4. The molecule has 2 aliphatic carbocycles. The van der Waals surface area contributed by atoms with Crippen LogP contribution in [0.4, 0.5) is 0 Å². The van der Waals surface area contributed by atoms with Crippen LogP contribution in [0.15, 0.2) is 12.1 Å². The number of esters is 1. The predicted molar refractivity (Wildman–Crippen MR) is 244 cm³/mol. The second-order valence-electron chi connectivity index (χ2n) is 21.2. The van der Waals surface area contributed by atoms with Crippen molar-refractivity contribution in [3.05, 3.63) is 61.2 Å². The number of aliphatic hydroxyl groups excluding tert-OH is 4. The molecule has 2 aromatic rings. The summed E-state index contributed by atoms with van der Waals surface area (Å²) in [7, 11) is 5.83. The zero-order valence-electron chi connectivity index (χ0n) is 41.9. The Balaban J connectivity index is 1.07. The molecule has 0 radical (unpaired) electrons. The first kappa shape index (κ1) is 53.3. The Morgan fingerprint density at radius 1 is 0.836 bits per heavy atom. The minimum atomic E-state index is -1.94. The van der Waals surface area contributed by atoms with Gasteiger partial charge >= 0.3 is 5.97 Å². The van der Waals surface area contributed by atoms with Gasteiger partial charge in [-0.1, -0.05) is 0 Å². The van der Waals surface area contributed by atoms with E-state index in [-0.39, 0.29) is 48.1 Å². The summed E-state index contributed by atoms with van der Waals surface area (Å²) in [5, 5.41) is 92.9. The maximum absolute atomic E-state index is 15.2. The molecule has 7 N–H and O–H groups in total. The van der Waals surface area contributed by atoms with Crippen molar-refractivity contribution in [3.8, 4) is 17.2 Å². The Bertz CT molecular complexity index is 2550. The largest absolute Gasteiger partial charge is 0.507 e. The van der Waals surface area contributed by atoms with Crippen LogP contribution in [0.2, 0.25) is 0 Å². The van der Waals surface area contributed by atoms with Gasteiger partial charge in [0.1, 0.15) is 59.3 Å². The zero-order chi connectivity index (χ0) is 53.3. The van der Waals surface area contributed by atoms with Gasteiger partial charge in [-0.2, -0.15) is 0 Å². The highest BCUT2D eigenvalue weighted by Crippen LogP contribution is 2.57. The van der Waals surface area contributed by atoms with E-state index in [2.05, 4.69) is 0 Å². The lowest BCUT2D eigenvalue weighted by atomic mass is 9.68. The van der Waals surface area contributed by atoms with E-state index < -0.39 is 177 Å². The molecule has 20 atom stereocenters. The summed E-state index contributed by atoms with van der Waals surface area (Å²) in [6, 6.07) is 1.40. The van der Waals surface area contributed by atoms with Crippen LogP contribution in [0.1, 0.15) is 128 Å². The van der Waals surface area contributed by atoms with Crippen molar-refractivity contribution in [3.63, 3.8) is 0 Å². The van der Waals surface area contributed by atoms with Crippen LogP contribution < -0.4 is 4.74 Å². The molecule has 5 aliphatic heterocycles. The minimum absolute atomic E-state index is 0.00534. The number of fused-ring (bicyclic) bond motifs is 8. The molecule has 73 heavy (non-hydrogen) atoms. The fraction of sp³-hybridized carbons (Fsp3) is 0.694. The van der Waals surface area contributed by atoms with Crippen molar-refractivity contribution in [2.24, 2.45) is 0 Å². The molecule has 9 rings (SSSR count). The lowest BCUT2D eigenvalue weighted by Crippen LogP contribution is -2.70. The summed E-state index contributed by atoms with van der Waals surface area (Å²) in [5.41, 5.74) is -7.69. The van der Waals surface area contributed by atoms with Crippen molar-refractivity contribution in [2.75, 3.05) is 28.3 Å². The highest BCUT2D eigenvalue weighted by atomic mass is 16.8. The standard InChI is InChI=1S/C49H64N2O22/c1-17-36(54)25(64-9)14-28(66-17)69-26-15-48(5,61)34(45(60)65-10)20-11-21-31(38(56)30(20)26)39(57)32-23(52)12-22-42(33(32)37(21)55)72-46-40(58)35(50(7)8)44(49(22,6)73-46)71-27-13-24(53)41(18(2)67-27)70-29-16-47(4,51(62)63)43(59)19(3)68-29/h11-12,17-19,24-29,34-36,40-41,43-44,46,52-54,56,58-59,61H,13-16H2,1-10H3/t17-,18-,19-,24-,25-,26-,27-,28-,29+,34-,35-,36+,40-,41+,43-,44-,46+,47+,48-,49+/m0/s1. The Labute approximate surface area is 419 Å². The summed E-state index contributed by atoms with van der Waals surface area (Å²) in [6.07, 6.45) is -18.1. The average molecular weight is 1030 g/mol. The van der Waals surface area contributed by atoms with Gasteiger partial charge in [-0.3, -0.25) is 24.5 Å². The van der Waals surface area contributed by atoms with E-state index in [4.69, 9.17) is 47.4 Å². The molecule has 2 bridgehead atoms. The molecule has 402 valence electrons. The Morgan fingerprint density at radius 3 is 2.12 bits per heavy atom. The molecular weight excluding hydrogens is 969 g/mol. The van der Waals surface area contributed by atoms with Gasteiger partial charge in [0.2, 0.25) is 12.1 Å². The number of aliphatic hydroxyl groups is 5. The molecule has 7 aliphatic rings. The Kier molecular flexibility index (Phi) is 13.8. The third-order valence-electron chi connectivity index (χ3n) is 16.0. The van der Waals surface area contributed by atoms with Crippen molar-refractivity contribution in [1.82, 2.24) is 4.90 Å². The highest BCUT2D eigenvalue weighted by Gasteiger charge is 2.62. The number of nitro groups is 1. The number of methoxy groups -OCH3 is 2. The van der Waals surface area contributed by atoms with Gasteiger partial charge in [0.25, 0.3) is 5.54 Å². The SMILES string of the molecule is COC(=O)[C@@H]1c2cc3c(c(O)c2[C@@H](O[C@H]2C[C@H](OC)[C@H](O)[C@H](C)O2)C[C@]1(C)O)C(=O)c1c(O)cc2c(c1C3=O)O[C@@H]1O[C@@]2(C)[C@@H](O[C@H]2C[C@H](O)[C@H](O[C@@H]3C[C@@](C)([N+](=O)[O-])[C@@H](O)[C@H](C)O3)[C@H](C)O2)[C@@H](N(C)C)[C@@H]1O. The van der Waals surface area contributed by atoms with Crippen molar-refractivity contribution >= 4 is 17.5 Å². The number of rotatable bonds is 10. The first-order valence-electron chi connectivity index (χ1n) is 24.2. The summed E-state index contributed by atoms with van der Waals surface area (Å²) in [4.78, 5) is 56.7. The number of carbonyl (C=O) groups is 3. The molecule has 5 heterocycles. The lowest BCUT2D eigenvalue weighted by Gasteiger charge is -2.56. The zero-order valence-corrected chi connectivity index (χ0v) is 41.9. The number of hydrogen-bond donors (Lipinski definition) is 7. The quantitative estimate of drug-likeness (QED) is 0.0843. The first-order chi connectivity index (χ1) is 34.2. The summed E-state index contributed by atoms with van der Waals surface area (Å²) in [6.45, 7) is 8.88. The van der Waals surface area contributed by atoms with Crippen LogP contribution in [0.25, 0.3) is 0 Å². The third-order valence-corrected chi connectivity index (χ3v) is 16.0. The molecule has 0 unspecified atom stereocenters. The number of benzene rings is 2. The molecule has 4 fully saturated rings. The van der Waals surface area contributed by atoms with E-state index in [9.17, 15) is 55.4 Å². The van der Waals surface area contributed by atoms with E-state index in [1.807, 2.05) is 0 Å². The van der Waals surface area contributed by atoms with Crippen molar-refractivity contribution < 1.29 is 102 Å². The van der Waals surface area contributed by atoms with Crippen LogP contribution >= 0.6 is 0 Å². The van der Waals surface area contributed by atoms with Gasteiger partial charge in [-0.25, -0.2) is 0 Å². The van der Waals surface area contributed by atoms with E-state index >= 15 is 4.79 Å². The monoisotopic (exact) mass is 1030 g/mol. The topological polar surface area (TPSA) is 332 Å². The molecule has 4 saturated heterocycles. The summed E-state index contributed by atoms with van der Waals surface area (Å²) >= 11 is 0. The van der Waals surface area contributed by atoms with E-state index in [0.29, 0.717) is 0 Å². The minimum Gasteiger partial charge on any atom is -0.507 e. The third kappa shape index (κ3) is 8.50. The van der Waals surface area contributed by atoms with Crippen LogP contribution in [0, 0.1) is 10.1 Å². The van der Waals surface area contributed by atoms with Crippen LogP contribution in [0.3, 0.4) is 0 Å². The van der Waals surface area contributed by atoms with E-state index in [1.165, 1.54) is 40.0 Å². The number of phenols is 2. The second-order valence-corrected chi connectivity index (χ2v) is 21.2. The fourth-order valence-electron chi connectivity index (χ4n) is 12.1. The van der Waals surface area contributed by atoms with E-state index in [1.54, 1.807) is 39.8 Å². The smallest absolute Gasteiger partial charge is 0.316 e.